The zero-order valence-electron chi connectivity index (χ0n) is 13.9. The summed E-state index contributed by atoms with van der Waals surface area (Å²) in [5, 5.41) is 10.6. The Balaban J connectivity index is 1.70. The van der Waals surface area contributed by atoms with Crippen molar-refractivity contribution in [3.05, 3.63) is 35.8 Å². The summed E-state index contributed by atoms with van der Waals surface area (Å²) in [4.78, 5) is 17.8. The molecule has 0 radical (unpaired) electrons. The predicted molar refractivity (Wildman–Crippen MR) is 85.7 cm³/mol. The number of aliphatic imine (C=N–C) groups is 1. The maximum atomic E-state index is 12.0. The third kappa shape index (κ3) is 2.47. The molecule has 0 aromatic rings. The third-order valence-electron chi connectivity index (χ3n) is 4.94. The van der Waals surface area contributed by atoms with Crippen LogP contribution in [0.4, 0.5) is 4.79 Å². The molecule has 23 heavy (non-hydrogen) atoms. The van der Waals surface area contributed by atoms with Crippen LogP contribution < -0.4 is 0 Å². The van der Waals surface area contributed by atoms with E-state index in [-0.39, 0.29) is 5.92 Å². The van der Waals surface area contributed by atoms with E-state index in [1.165, 1.54) is 4.90 Å². The highest BCUT2D eigenvalue weighted by Crippen LogP contribution is 2.38. The van der Waals surface area contributed by atoms with E-state index in [1.807, 2.05) is 24.4 Å². The van der Waals surface area contributed by atoms with Gasteiger partial charge in [0.1, 0.15) is 5.76 Å². The molecule has 1 aliphatic carbocycles. The molecule has 2 atom stereocenters. The average molecular weight is 318 g/mol. The molecule has 1 amide bonds. The van der Waals surface area contributed by atoms with Crippen LogP contribution in [-0.4, -0.2) is 46.8 Å². The Morgan fingerprint density at radius 3 is 2.74 bits per heavy atom. The molecule has 124 valence electrons. The first kappa shape index (κ1) is 15.8. The number of rotatable bonds is 4. The first-order chi connectivity index (χ1) is 10.8. The largest absolute Gasteiger partial charge is 0.497 e. The molecule has 6 nitrogen and oxygen atoms in total. The van der Waals surface area contributed by atoms with E-state index in [1.54, 1.807) is 27.9 Å². The number of fused-ring (bicyclic) bond motifs is 1. The number of carbonyl (C=O) groups excluding carboxylic acids is 1. The molecule has 0 saturated carbocycles. The molecule has 3 rings (SSSR count). The molecular weight excluding hydrogens is 296 g/mol. The van der Waals surface area contributed by atoms with E-state index < -0.39 is 17.4 Å². The Hall–Kier alpha value is -2.08. The molecule has 0 aromatic carbocycles. The molecule has 1 fully saturated rings. The van der Waals surface area contributed by atoms with Crippen LogP contribution in [0, 0.1) is 5.92 Å². The summed E-state index contributed by atoms with van der Waals surface area (Å²) in [5.74, 6) is 0.877. The fourth-order valence-electron chi connectivity index (χ4n) is 3.01. The van der Waals surface area contributed by atoms with Crippen LogP contribution in [0.15, 0.2) is 40.8 Å². The maximum Gasteiger partial charge on any atom is 0.412 e. The van der Waals surface area contributed by atoms with E-state index in [0.717, 1.165) is 17.0 Å². The number of aliphatic hydroxyl groups is 1. The smallest absolute Gasteiger partial charge is 0.412 e. The predicted octanol–water partition coefficient (Wildman–Crippen LogP) is 2.37. The lowest BCUT2D eigenvalue weighted by Gasteiger charge is -2.35. The number of hydrogen-bond acceptors (Lipinski definition) is 5. The summed E-state index contributed by atoms with van der Waals surface area (Å²) >= 11 is 0. The Morgan fingerprint density at radius 1 is 1.39 bits per heavy atom. The molecule has 0 unspecified atom stereocenters. The SMILES string of the molecule is COC1=C[C@H]2C(CCN3C(=O)OC(C)(C)[C@]3(C)O)=CN=C2C=C1. The zero-order chi connectivity index (χ0) is 16.8. The van der Waals surface area contributed by atoms with Gasteiger partial charge in [-0.05, 0) is 51.0 Å². The molecule has 1 saturated heterocycles. The van der Waals surface area contributed by atoms with Gasteiger partial charge in [0.15, 0.2) is 11.3 Å². The van der Waals surface area contributed by atoms with Crippen molar-refractivity contribution in [2.45, 2.75) is 38.5 Å². The summed E-state index contributed by atoms with van der Waals surface area (Å²) in [6.45, 7) is 5.40. The van der Waals surface area contributed by atoms with Crippen molar-refractivity contribution in [1.29, 1.82) is 0 Å². The van der Waals surface area contributed by atoms with Crippen molar-refractivity contribution in [1.82, 2.24) is 4.90 Å². The topological polar surface area (TPSA) is 71.4 Å². The monoisotopic (exact) mass is 318 g/mol. The molecule has 1 N–H and O–H groups in total. The van der Waals surface area contributed by atoms with Crippen LogP contribution in [-0.2, 0) is 9.47 Å². The van der Waals surface area contributed by atoms with Crippen molar-refractivity contribution in [3.63, 3.8) is 0 Å². The molecule has 6 heteroatoms. The van der Waals surface area contributed by atoms with Gasteiger partial charge in [0.25, 0.3) is 0 Å². The summed E-state index contributed by atoms with van der Waals surface area (Å²) in [5.41, 5.74) is -0.219. The van der Waals surface area contributed by atoms with E-state index in [4.69, 9.17) is 9.47 Å². The number of nitrogens with zero attached hydrogens (tertiary/aromatic N) is 2. The lowest BCUT2D eigenvalue weighted by atomic mass is 9.89. The average Bonchev–Trinajstić information content (AvgIpc) is 2.94. The standard InChI is InChI=1S/C17H22N2O4/c1-16(2)17(3,21)19(15(20)23-16)8-7-11-10-18-14-6-5-12(22-4)9-13(11)14/h5-6,9-10,13,21H,7-8H2,1-4H3/t13-,17-/m0/s1. The van der Waals surface area contributed by atoms with Crippen molar-refractivity contribution in [2.24, 2.45) is 10.9 Å². The number of carbonyl (C=O) groups is 1. The highest BCUT2D eigenvalue weighted by molar-refractivity contribution is 6.03. The van der Waals surface area contributed by atoms with Crippen LogP contribution >= 0.6 is 0 Å². The van der Waals surface area contributed by atoms with E-state index in [9.17, 15) is 9.90 Å². The van der Waals surface area contributed by atoms with Crippen molar-refractivity contribution in [2.75, 3.05) is 13.7 Å². The van der Waals surface area contributed by atoms with Gasteiger partial charge in [-0.15, -0.1) is 0 Å². The summed E-state index contributed by atoms with van der Waals surface area (Å²) < 4.78 is 10.5. The van der Waals surface area contributed by atoms with Crippen LogP contribution in [0.25, 0.3) is 0 Å². The highest BCUT2D eigenvalue weighted by atomic mass is 16.6. The van der Waals surface area contributed by atoms with Gasteiger partial charge in [-0.2, -0.15) is 0 Å². The molecule has 3 aliphatic rings. The van der Waals surface area contributed by atoms with Crippen LogP contribution in [0.5, 0.6) is 0 Å². The minimum atomic E-state index is -1.34. The van der Waals surface area contributed by atoms with E-state index in [2.05, 4.69) is 4.99 Å². The Labute approximate surface area is 135 Å². The molecule has 0 bridgehead atoms. The third-order valence-corrected chi connectivity index (χ3v) is 4.94. The zero-order valence-corrected chi connectivity index (χ0v) is 13.9. The maximum absolute atomic E-state index is 12.0. The highest BCUT2D eigenvalue weighted by Gasteiger charge is 2.56. The number of allylic oxidation sites excluding steroid dienone is 3. The van der Waals surface area contributed by atoms with Crippen molar-refractivity contribution >= 4 is 11.8 Å². The molecule has 0 aromatic heterocycles. The lowest BCUT2D eigenvalue weighted by Crippen LogP contribution is -2.53. The Kier molecular flexibility index (Phi) is 3.59. The second-order valence-electron chi connectivity index (χ2n) is 6.64. The molecule has 2 heterocycles. The van der Waals surface area contributed by atoms with E-state index >= 15 is 0 Å². The summed E-state index contributed by atoms with van der Waals surface area (Å²) in [6.07, 6.45) is 7.80. The van der Waals surface area contributed by atoms with Gasteiger partial charge in [-0.3, -0.25) is 9.89 Å². The van der Waals surface area contributed by atoms with Crippen molar-refractivity contribution < 1.29 is 19.4 Å². The van der Waals surface area contributed by atoms with Gasteiger partial charge in [-0.1, -0.05) is 0 Å². The van der Waals surface area contributed by atoms with Crippen LogP contribution in [0.3, 0.4) is 0 Å². The first-order valence-electron chi connectivity index (χ1n) is 7.70. The van der Waals surface area contributed by atoms with Gasteiger partial charge < -0.3 is 14.6 Å². The molecular formula is C17H22N2O4. The van der Waals surface area contributed by atoms with Gasteiger partial charge in [-0.25, -0.2) is 4.79 Å². The van der Waals surface area contributed by atoms with Gasteiger partial charge in [0, 0.05) is 18.7 Å². The quantitative estimate of drug-likeness (QED) is 0.864. The minimum absolute atomic E-state index is 0.0755. The van der Waals surface area contributed by atoms with Crippen LogP contribution in [0.2, 0.25) is 0 Å². The van der Waals surface area contributed by atoms with Gasteiger partial charge >= 0.3 is 6.09 Å². The summed E-state index contributed by atoms with van der Waals surface area (Å²) in [7, 11) is 1.64. The number of hydrogen-bond donors (Lipinski definition) is 1. The van der Waals surface area contributed by atoms with Crippen LogP contribution in [0.1, 0.15) is 27.2 Å². The number of methoxy groups -OCH3 is 1. The fourth-order valence-corrected chi connectivity index (χ4v) is 3.01. The van der Waals surface area contributed by atoms with E-state index in [0.29, 0.717) is 13.0 Å². The fraction of sp³-hybridized carbons (Fsp3) is 0.529. The number of amides is 1. The number of cyclic esters (lactones) is 1. The lowest BCUT2D eigenvalue weighted by molar-refractivity contribution is -0.126. The molecule has 0 spiro atoms. The normalized spacial score (nSPS) is 31.3. The second-order valence-corrected chi connectivity index (χ2v) is 6.64. The Bertz CT molecular complexity index is 656. The van der Waals surface area contributed by atoms with Gasteiger partial charge in [0.05, 0.1) is 12.8 Å². The van der Waals surface area contributed by atoms with Crippen molar-refractivity contribution in [3.8, 4) is 0 Å². The molecule has 2 aliphatic heterocycles. The number of ether oxygens (including phenoxy) is 2. The Morgan fingerprint density at radius 2 is 2.13 bits per heavy atom. The first-order valence-corrected chi connectivity index (χ1v) is 7.70. The van der Waals surface area contributed by atoms with Gasteiger partial charge in [0.2, 0.25) is 0 Å². The summed E-state index contributed by atoms with van der Waals surface area (Å²) in [6, 6.07) is 0. The minimum Gasteiger partial charge on any atom is -0.497 e. The second kappa shape index (κ2) is 5.23.